The Balaban J connectivity index is 2.09. The molecule has 156 valence electrons. The number of carbonyl (C=O) groups is 2. The molecule has 0 saturated carbocycles. The highest BCUT2D eigenvalue weighted by Gasteiger charge is 2.36. The summed E-state index contributed by atoms with van der Waals surface area (Å²) in [6.45, 7) is 2.74. The second kappa shape index (κ2) is 7.62. The lowest BCUT2D eigenvalue weighted by atomic mass is 9.92. The Morgan fingerprint density at radius 3 is 2.33 bits per heavy atom. The minimum absolute atomic E-state index is 0.0410. The highest BCUT2D eigenvalue weighted by molar-refractivity contribution is 6.04. The van der Waals surface area contributed by atoms with E-state index in [2.05, 4.69) is 5.32 Å². The normalized spacial score (nSPS) is 17.0. The predicted molar refractivity (Wildman–Crippen MR) is 102 cm³/mol. The summed E-state index contributed by atoms with van der Waals surface area (Å²) in [6, 6.07) is 7.93. The number of hydrogen-bond acceptors (Lipinski definition) is 4. The van der Waals surface area contributed by atoms with Crippen molar-refractivity contribution in [2.45, 2.75) is 26.1 Å². The van der Waals surface area contributed by atoms with Crippen molar-refractivity contribution >= 4 is 23.2 Å². The zero-order valence-electron chi connectivity index (χ0n) is 15.9. The smallest absolute Gasteiger partial charge is 0.326 e. The van der Waals surface area contributed by atoms with Crippen LogP contribution in [0.25, 0.3) is 0 Å². The number of nitro groups is 1. The van der Waals surface area contributed by atoms with Crippen LogP contribution in [0.4, 0.5) is 29.3 Å². The van der Waals surface area contributed by atoms with E-state index < -0.39 is 34.5 Å². The fourth-order valence-electron chi connectivity index (χ4n) is 3.37. The maximum Gasteiger partial charge on any atom is 0.416 e. The number of benzene rings is 2. The molecular formula is C20H16F3N3O4. The van der Waals surface area contributed by atoms with Crippen molar-refractivity contribution in [1.82, 2.24) is 5.32 Å². The van der Waals surface area contributed by atoms with Crippen LogP contribution in [-0.4, -0.2) is 16.7 Å². The number of alkyl halides is 3. The predicted octanol–water partition coefficient (Wildman–Crippen LogP) is 4.75. The number of non-ortho nitro benzene ring substituents is 1. The standard InChI is InChI=1S/C20H16F3N3O4/c1-11-17(12(2)27)18(13-6-8-15(9-7-13)26(29)30)24-19(28)25(11)16-5-3-4-14(10-16)20(21,22)23/h3-10,18H,1-2H3,(H,24,28). The molecule has 0 fully saturated rings. The van der Waals surface area contributed by atoms with Crippen LogP contribution in [0.15, 0.2) is 59.8 Å². The fourth-order valence-corrected chi connectivity index (χ4v) is 3.37. The van der Waals surface area contributed by atoms with Gasteiger partial charge < -0.3 is 5.32 Å². The summed E-state index contributed by atoms with van der Waals surface area (Å²) in [6.07, 6.45) is -4.59. The lowest BCUT2D eigenvalue weighted by molar-refractivity contribution is -0.384. The molecule has 0 aromatic heterocycles. The molecule has 0 spiro atoms. The minimum atomic E-state index is -4.59. The summed E-state index contributed by atoms with van der Waals surface area (Å²) >= 11 is 0. The summed E-state index contributed by atoms with van der Waals surface area (Å²) in [5.74, 6) is -0.396. The van der Waals surface area contributed by atoms with Crippen molar-refractivity contribution in [1.29, 1.82) is 0 Å². The molecule has 1 aliphatic rings. The van der Waals surface area contributed by atoms with E-state index in [-0.39, 0.29) is 22.6 Å². The second-order valence-corrected chi connectivity index (χ2v) is 6.67. The van der Waals surface area contributed by atoms with E-state index in [9.17, 15) is 32.9 Å². The molecule has 1 unspecified atom stereocenters. The summed E-state index contributed by atoms with van der Waals surface area (Å²) in [4.78, 5) is 36.4. The van der Waals surface area contributed by atoms with Gasteiger partial charge in [0.2, 0.25) is 0 Å². The molecule has 2 aromatic carbocycles. The van der Waals surface area contributed by atoms with Gasteiger partial charge in [-0.05, 0) is 49.7 Å². The van der Waals surface area contributed by atoms with Gasteiger partial charge in [-0.2, -0.15) is 13.2 Å². The van der Waals surface area contributed by atoms with Gasteiger partial charge in [0, 0.05) is 23.4 Å². The van der Waals surface area contributed by atoms with Gasteiger partial charge >= 0.3 is 12.2 Å². The van der Waals surface area contributed by atoms with Gasteiger partial charge in [0.1, 0.15) is 0 Å². The number of rotatable bonds is 4. The Morgan fingerprint density at radius 2 is 1.80 bits per heavy atom. The van der Waals surface area contributed by atoms with E-state index in [1.165, 1.54) is 50.2 Å². The third-order valence-corrected chi connectivity index (χ3v) is 4.73. The van der Waals surface area contributed by atoms with Gasteiger partial charge in [-0.3, -0.25) is 19.8 Å². The zero-order chi connectivity index (χ0) is 22.2. The van der Waals surface area contributed by atoms with Gasteiger partial charge in [0.15, 0.2) is 5.78 Å². The first-order valence-corrected chi connectivity index (χ1v) is 8.74. The number of allylic oxidation sites excluding steroid dienone is 1. The minimum Gasteiger partial charge on any atom is -0.326 e. The number of amides is 2. The number of anilines is 1. The number of nitrogens with zero attached hydrogens (tertiary/aromatic N) is 2. The number of carbonyl (C=O) groups excluding carboxylic acids is 2. The molecule has 3 rings (SSSR count). The SMILES string of the molecule is CC(=O)C1=C(C)N(c2cccc(C(F)(F)F)c2)C(=O)NC1c1ccc([N+](=O)[O-])cc1. The maximum absolute atomic E-state index is 13.1. The Hall–Kier alpha value is -3.69. The molecule has 2 amide bonds. The van der Waals surface area contributed by atoms with E-state index in [0.717, 1.165) is 17.0 Å². The van der Waals surface area contributed by atoms with E-state index in [4.69, 9.17) is 0 Å². The van der Waals surface area contributed by atoms with E-state index in [1.54, 1.807) is 0 Å². The van der Waals surface area contributed by atoms with Crippen LogP contribution in [0.2, 0.25) is 0 Å². The van der Waals surface area contributed by atoms with Crippen molar-refractivity contribution in [2.75, 3.05) is 4.90 Å². The van der Waals surface area contributed by atoms with E-state index in [0.29, 0.717) is 5.56 Å². The molecule has 0 radical (unpaired) electrons. The van der Waals surface area contributed by atoms with Crippen LogP contribution in [0, 0.1) is 10.1 Å². The number of hydrogen-bond donors (Lipinski definition) is 1. The third-order valence-electron chi connectivity index (χ3n) is 4.73. The Morgan fingerprint density at radius 1 is 1.17 bits per heavy atom. The average Bonchev–Trinajstić information content (AvgIpc) is 2.67. The lowest BCUT2D eigenvalue weighted by Gasteiger charge is -2.35. The van der Waals surface area contributed by atoms with Gasteiger partial charge in [0.05, 0.1) is 22.2 Å². The molecule has 1 aliphatic heterocycles. The molecule has 0 bridgehead atoms. The molecule has 0 saturated heterocycles. The van der Waals surface area contributed by atoms with Crippen LogP contribution < -0.4 is 10.2 Å². The number of ketones is 1. The van der Waals surface area contributed by atoms with Crippen LogP contribution >= 0.6 is 0 Å². The van der Waals surface area contributed by atoms with Gasteiger partial charge in [-0.1, -0.05) is 6.07 Å². The lowest BCUT2D eigenvalue weighted by Crippen LogP contribution is -2.47. The third kappa shape index (κ3) is 3.88. The van der Waals surface area contributed by atoms with Gasteiger partial charge in [-0.25, -0.2) is 4.79 Å². The topological polar surface area (TPSA) is 92.6 Å². The van der Waals surface area contributed by atoms with Gasteiger partial charge in [-0.15, -0.1) is 0 Å². The summed E-state index contributed by atoms with van der Waals surface area (Å²) in [5, 5.41) is 13.5. The summed E-state index contributed by atoms with van der Waals surface area (Å²) < 4.78 is 39.2. The maximum atomic E-state index is 13.1. The first-order valence-electron chi connectivity index (χ1n) is 8.74. The number of nitro benzene ring substituents is 1. The van der Waals surface area contributed by atoms with Crippen LogP contribution in [0.3, 0.4) is 0 Å². The molecule has 1 N–H and O–H groups in total. The molecule has 1 heterocycles. The first-order chi connectivity index (χ1) is 14.0. The molecule has 7 nitrogen and oxygen atoms in total. The highest BCUT2D eigenvalue weighted by atomic mass is 19.4. The second-order valence-electron chi connectivity index (χ2n) is 6.67. The first kappa shape index (κ1) is 21.0. The quantitative estimate of drug-likeness (QED) is 0.572. The van der Waals surface area contributed by atoms with Crippen molar-refractivity contribution < 1.29 is 27.7 Å². The van der Waals surface area contributed by atoms with Crippen LogP contribution in [0.1, 0.15) is 31.0 Å². The molecule has 10 heteroatoms. The van der Waals surface area contributed by atoms with E-state index in [1.807, 2.05) is 0 Å². The number of nitrogens with one attached hydrogen (secondary N) is 1. The summed E-state index contributed by atoms with van der Waals surface area (Å²) in [5.41, 5.74) is -0.350. The molecule has 2 aromatic rings. The Kier molecular flexibility index (Phi) is 5.34. The number of Topliss-reactive ketones (excluding diaryl/α,β-unsaturated/α-hetero) is 1. The largest absolute Gasteiger partial charge is 0.416 e. The molecule has 30 heavy (non-hydrogen) atoms. The van der Waals surface area contributed by atoms with Crippen molar-refractivity contribution in [3.8, 4) is 0 Å². The van der Waals surface area contributed by atoms with Crippen LogP contribution in [-0.2, 0) is 11.0 Å². The Bertz CT molecular complexity index is 1060. The van der Waals surface area contributed by atoms with Crippen molar-refractivity contribution in [3.05, 3.63) is 81.0 Å². The van der Waals surface area contributed by atoms with Crippen LogP contribution in [0.5, 0.6) is 0 Å². The van der Waals surface area contributed by atoms with Crippen molar-refractivity contribution in [2.24, 2.45) is 0 Å². The summed E-state index contributed by atoms with van der Waals surface area (Å²) in [7, 11) is 0. The monoisotopic (exact) mass is 419 g/mol. The van der Waals surface area contributed by atoms with E-state index >= 15 is 0 Å². The van der Waals surface area contributed by atoms with Crippen molar-refractivity contribution in [3.63, 3.8) is 0 Å². The van der Waals surface area contributed by atoms with Gasteiger partial charge in [0.25, 0.3) is 5.69 Å². The molecule has 1 atom stereocenters. The molecule has 0 aliphatic carbocycles. The average molecular weight is 419 g/mol. The number of urea groups is 1. The molecular weight excluding hydrogens is 403 g/mol. The highest BCUT2D eigenvalue weighted by Crippen LogP contribution is 2.37. The fraction of sp³-hybridized carbons (Fsp3) is 0.200. The zero-order valence-corrected chi connectivity index (χ0v) is 15.9. The number of halogens is 3. The Labute approximate surface area is 168 Å².